The summed E-state index contributed by atoms with van der Waals surface area (Å²) in [7, 11) is 0. The van der Waals surface area contributed by atoms with Crippen LogP contribution in [0.4, 0.5) is 0 Å². The van der Waals surface area contributed by atoms with Gasteiger partial charge in [0.05, 0.1) is 11.4 Å². The number of nitrogens with zero attached hydrogens (tertiary/aromatic N) is 1. The molecule has 5 nitrogen and oxygen atoms in total. The highest BCUT2D eigenvalue weighted by Crippen LogP contribution is 2.24. The summed E-state index contributed by atoms with van der Waals surface area (Å²) in [5.41, 5.74) is 3.30. The van der Waals surface area contributed by atoms with E-state index in [-0.39, 0.29) is 11.8 Å². The number of pyridine rings is 1. The Hall–Kier alpha value is -1.98. The second-order valence-electron chi connectivity index (χ2n) is 6.46. The third-order valence-corrected chi connectivity index (χ3v) is 4.93. The second kappa shape index (κ2) is 7.73. The van der Waals surface area contributed by atoms with Crippen molar-refractivity contribution in [1.29, 1.82) is 0 Å². The van der Waals surface area contributed by atoms with Crippen LogP contribution in [-0.4, -0.2) is 35.8 Å². The highest BCUT2D eigenvalue weighted by molar-refractivity contribution is 5.82. The molecule has 0 spiro atoms. The summed E-state index contributed by atoms with van der Waals surface area (Å²) in [6.45, 7) is 4.51. The fourth-order valence-corrected chi connectivity index (χ4v) is 3.46. The van der Waals surface area contributed by atoms with E-state index in [0.29, 0.717) is 26.3 Å². The van der Waals surface area contributed by atoms with Gasteiger partial charge in [-0.25, -0.2) is 0 Å². The predicted octanol–water partition coefficient (Wildman–Crippen LogP) is 2.76. The molecule has 128 valence electrons. The van der Waals surface area contributed by atoms with E-state index >= 15 is 0 Å². The molecule has 2 heterocycles. The molecule has 1 aromatic carbocycles. The van der Waals surface area contributed by atoms with Crippen LogP contribution in [0.2, 0.25) is 0 Å². The van der Waals surface area contributed by atoms with Gasteiger partial charge in [0.25, 0.3) is 0 Å². The van der Waals surface area contributed by atoms with Crippen LogP contribution >= 0.6 is 0 Å². The Labute approximate surface area is 142 Å². The van der Waals surface area contributed by atoms with E-state index in [4.69, 9.17) is 4.74 Å². The summed E-state index contributed by atoms with van der Waals surface area (Å²) in [6.07, 6.45) is 3.45. The summed E-state index contributed by atoms with van der Waals surface area (Å²) in [6, 6.07) is 8.14. The molecule has 1 saturated heterocycles. The molecule has 2 N–H and O–H groups in total. The molecule has 0 bridgehead atoms. The van der Waals surface area contributed by atoms with Gasteiger partial charge in [-0.2, -0.15) is 0 Å². The number of aromatic nitrogens is 1. The molecule has 5 heteroatoms. The lowest BCUT2D eigenvalue weighted by Crippen LogP contribution is -2.36. The van der Waals surface area contributed by atoms with Crippen LogP contribution in [0.1, 0.15) is 24.0 Å². The molecule has 0 radical (unpaired) electrons. The summed E-state index contributed by atoms with van der Waals surface area (Å²) in [5, 5.41) is 14.0. The molecule has 1 aromatic heterocycles. The number of carboxylic acid groups (broad SMARTS) is 1. The van der Waals surface area contributed by atoms with E-state index in [2.05, 4.69) is 29.4 Å². The number of carboxylic acids is 1. The van der Waals surface area contributed by atoms with Gasteiger partial charge in [0.1, 0.15) is 0 Å². The Kier molecular flexibility index (Phi) is 5.43. The Balaban J connectivity index is 1.69. The minimum Gasteiger partial charge on any atom is -0.481 e. The number of rotatable bonds is 6. The van der Waals surface area contributed by atoms with Gasteiger partial charge in [0.2, 0.25) is 0 Å². The number of hydrogen-bond donors (Lipinski definition) is 2. The molecule has 0 amide bonds. The molecule has 1 aliphatic rings. The number of aryl methyl sites for hydroxylation is 1. The fourth-order valence-electron chi connectivity index (χ4n) is 3.46. The van der Waals surface area contributed by atoms with Crippen molar-refractivity contribution in [1.82, 2.24) is 10.3 Å². The van der Waals surface area contributed by atoms with Crippen LogP contribution in [0.15, 0.2) is 30.5 Å². The van der Waals surface area contributed by atoms with Crippen LogP contribution in [0.3, 0.4) is 0 Å². The summed E-state index contributed by atoms with van der Waals surface area (Å²) >= 11 is 0. The van der Waals surface area contributed by atoms with Crippen LogP contribution in [0, 0.1) is 18.8 Å². The average Bonchev–Trinajstić information content (AvgIpc) is 2.60. The van der Waals surface area contributed by atoms with Crippen molar-refractivity contribution in [2.75, 3.05) is 19.8 Å². The first-order valence-electron chi connectivity index (χ1n) is 8.51. The first kappa shape index (κ1) is 16.9. The summed E-state index contributed by atoms with van der Waals surface area (Å²) < 4.78 is 5.35. The number of hydrogen-bond acceptors (Lipinski definition) is 4. The maximum Gasteiger partial charge on any atom is 0.308 e. The van der Waals surface area contributed by atoms with Crippen LogP contribution < -0.4 is 5.32 Å². The maximum absolute atomic E-state index is 11.6. The Morgan fingerprint density at radius 2 is 2.17 bits per heavy atom. The minimum absolute atomic E-state index is 0.190. The topological polar surface area (TPSA) is 71.5 Å². The van der Waals surface area contributed by atoms with Gasteiger partial charge in [-0.05, 0) is 42.9 Å². The van der Waals surface area contributed by atoms with Gasteiger partial charge in [-0.3, -0.25) is 9.78 Å². The Bertz CT molecular complexity index is 711. The third kappa shape index (κ3) is 3.74. The SMILES string of the molecule is Cc1ccc2cccnc2c1CNCC(C(=O)O)C1CCOCC1. The average molecular weight is 328 g/mol. The number of ether oxygens (including phenoxy) is 1. The lowest BCUT2D eigenvalue weighted by Gasteiger charge is -2.27. The molecule has 24 heavy (non-hydrogen) atoms. The van der Waals surface area contributed by atoms with E-state index in [0.717, 1.165) is 29.3 Å². The highest BCUT2D eigenvalue weighted by Gasteiger charge is 2.29. The Morgan fingerprint density at radius 3 is 2.92 bits per heavy atom. The molecule has 0 saturated carbocycles. The van der Waals surface area contributed by atoms with E-state index in [1.165, 1.54) is 5.56 Å². The van der Waals surface area contributed by atoms with Gasteiger partial charge >= 0.3 is 5.97 Å². The Morgan fingerprint density at radius 1 is 1.38 bits per heavy atom. The van der Waals surface area contributed by atoms with E-state index in [9.17, 15) is 9.90 Å². The molecule has 2 aromatic rings. The summed E-state index contributed by atoms with van der Waals surface area (Å²) in [4.78, 5) is 16.1. The van der Waals surface area contributed by atoms with E-state index < -0.39 is 5.97 Å². The van der Waals surface area contributed by atoms with Gasteiger partial charge in [0.15, 0.2) is 0 Å². The number of benzene rings is 1. The van der Waals surface area contributed by atoms with Crippen molar-refractivity contribution < 1.29 is 14.6 Å². The number of fused-ring (bicyclic) bond motifs is 1. The molecule has 1 aliphatic heterocycles. The van der Waals surface area contributed by atoms with Crippen molar-refractivity contribution in [3.8, 4) is 0 Å². The van der Waals surface area contributed by atoms with Crippen molar-refractivity contribution >= 4 is 16.9 Å². The smallest absolute Gasteiger partial charge is 0.308 e. The van der Waals surface area contributed by atoms with Gasteiger partial charge in [-0.15, -0.1) is 0 Å². The standard InChI is InChI=1S/C19H24N2O3/c1-13-4-5-15-3-2-8-21-18(15)16(13)11-20-12-17(19(22)23)14-6-9-24-10-7-14/h2-5,8,14,17,20H,6-7,9-12H2,1H3,(H,22,23). The van der Waals surface area contributed by atoms with Crippen molar-refractivity contribution in [3.05, 3.63) is 41.6 Å². The van der Waals surface area contributed by atoms with Crippen LogP contribution in [-0.2, 0) is 16.1 Å². The largest absolute Gasteiger partial charge is 0.481 e. The molecular formula is C19H24N2O3. The van der Waals surface area contributed by atoms with Gasteiger partial charge in [-0.1, -0.05) is 18.2 Å². The lowest BCUT2D eigenvalue weighted by molar-refractivity contribution is -0.144. The van der Waals surface area contributed by atoms with E-state index in [1.54, 1.807) is 6.20 Å². The van der Waals surface area contributed by atoms with Crippen molar-refractivity contribution in [2.45, 2.75) is 26.3 Å². The molecule has 1 atom stereocenters. The quantitative estimate of drug-likeness (QED) is 0.853. The molecule has 1 fully saturated rings. The lowest BCUT2D eigenvalue weighted by atomic mass is 9.86. The molecule has 3 rings (SSSR count). The molecule has 1 unspecified atom stereocenters. The second-order valence-corrected chi connectivity index (χ2v) is 6.46. The predicted molar refractivity (Wildman–Crippen MR) is 92.9 cm³/mol. The van der Waals surface area contributed by atoms with Crippen LogP contribution in [0.5, 0.6) is 0 Å². The third-order valence-electron chi connectivity index (χ3n) is 4.93. The van der Waals surface area contributed by atoms with Crippen molar-refractivity contribution in [3.63, 3.8) is 0 Å². The first-order chi connectivity index (χ1) is 11.7. The van der Waals surface area contributed by atoms with Gasteiger partial charge in [0, 0.05) is 37.9 Å². The minimum atomic E-state index is -0.720. The number of carbonyl (C=O) groups is 1. The zero-order chi connectivity index (χ0) is 16.9. The maximum atomic E-state index is 11.6. The number of aliphatic carboxylic acids is 1. The first-order valence-corrected chi connectivity index (χ1v) is 8.51. The monoisotopic (exact) mass is 328 g/mol. The fraction of sp³-hybridized carbons (Fsp3) is 0.474. The molecule has 0 aliphatic carbocycles. The highest BCUT2D eigenvalue weighted by atomic mass is 16.5. The zero-order valence-electron chi connectivity index (χ0n) is 14.0. The van der Waals surface area contributed by atoms with E-state index in [1.807, 2.05) is 12.1 Å². The normalized spacial score (nSPS) is 17.0. The summed E-state index contributed by atoms with van der Waals surface area (Å²) in [5.74, 6) is -0.894. The molecular weight excluding hydrogens is 304 g/mol. The van der Waals surface area contributed by atoms with Crippen LogP contribution in [0.25, 0.3) is 10.9 Å². The number of nitrogens with one attached hydrogen (secondary N) is 1. The van der Waals surface area contributed by atoms with Gasteiger partial charge < -0.3 is 15.2 Å². The van der Waals surface area contributed by atoms with Crippen molar-refractivity contribution in [2.24, 2.45) is 11.8 Å². The zero-order valence-corrected chi connectivity index (χ0v) is 14.0.